The molecule has 0 spiro atoms. The third kappa shape index (κ3) is 3.59. The van der Waals surface area contributed by atoms with Gasteiger partial charge in [0.1, 0.15) is 5.75 Å². The van der Waals surface area contributed by atoms with Crippen LogP contribution in [-0.2, 0) is 21.2 Å². The van der Waals surface area contributed by atoms with E-state index in [1.807, 2.05) is 24.3 Å². The monoisotopic (exact) mass is 374 g/mol. The zero-order valence-corrected chi connectivity index (χ0v) is 15.6. The molecule has 0 saturated carbocycles. The van der Waals surface area contributed by atoms with Crippen LogP contribution in [0.1, 0.15) is 19.4 Å². The Balaban J connectivity index is 1.68. The van der Waals surface area contributed by atoms with Crippen molar-refractivity contribution in [3.05, 3.63) is 54.1 Å². The first-order valence-electron chi connectivity index (χ1n) is 8.61. The van der Waals surface area contributed by atoms with Crippen molar-refractivity contribution < 1.29 is 17.9 Å². The number of para-hydroxylation sites is 1. The van der Waals surface area contributed by atoms with Crippen molar-refractivity contribution in [2.24, 2.45) is 0 Å². The second-order valence-electron chi connectivity index (χ2n) is 6.02. The second kappa shape index (κ2) is 7.47. The highest BCUT2D eigenvalue weighted by atomic mass is 32.2. The molecule has 2 aromatic rings. The maximum atomic E-state index is 12.5. The van der Waals surface area contributed by atoms with E-state index in [2.05, 4.69) is 5.32 Å². The fourth-order valence-electron chi connectivity index (χ4n) is 2.97. The molecule has 0 fully saturated rings. The van der Waals surface area contributed by atoms with Crippen LogP contribution in [0, 0.1) is 0 Å². The Hall–Kier alpha value is -2.38. The molecule has 1 heterocycles. The Bertz CT molecular complexity index is 865. The molecule has 1 atom stereocenters. The van der Waals surface area contributed by atoms with Crippen LogP contribution in [0.3, 0.4) is 0 Å². The van der Waals surface area contributed by atoms with Gasteiger partial charge in [-0.2, -0.15) is 4.31 Å². The summed E-state index contributed by atoms with van der Waals surface area (Å²) in [7, 11) is -3.50. The van der Waals surface area contributed by atoms with E-state index >= 15 is 0 Å². The fraction of sp³-hybridized carbons (Fsp3) is 0.316. The van der Waals surface area contributed by atoms with Gasteiger partial charge in [-0.15, -0.1) is 0 Å². The summed E-state index contributed by atoms with van der Waals surface area (Å²) in [4.78, 5) is 12.6. The molecule has 0 aliphatic carbocycles. The van der Waals surface area contributed by atoms with Crippen LogP contribution in [0.15, 0.2) is 53.4 Å². The summed E-state index contributed by atoms with van der Waals surface area (Å²) in [5, 5.41) is 2.78. The third-order valence-corrected chi connectivity index (χ3v) is 6.47. The number of anilines is 1. The van der Waals surface area contributed by atoms with E-state index in [0.717, 1.165) is 11.3 Å². The summed E-state index contributed by atoms with van der Waals surface area (Å²) in [6, 6.07) is 13.8. The molecule has 1 aliphatic heterocycles. The largest absolute Gasteiger partial charge is 0.480 e. The molecule has 0 aromatic heterocycles. The Morgan fingerprint density at radius 1 is 1.12 bits per heavy atom. The van der Waals surface area contributed by atoms with Crippen molar-refractivity contribution in [3.63, 3.8) is 0 Å². The van der Waals surface area contributed by atoms with Crippen LogP contribution in [0.4, 0.5) is 5.69 Å². The molecule has 0 saturated heterocycles. The zero-order valence-electron chi connectivity index (χ0n) is 14.8. The number of carbonyl (C=O) groups is 1. The summed E-state index contributed by atoms with van der Waals surface area (Å²) in [5.74, 6) is 0.480. The van der Waals surface area contributed by atoms with Crippen molar-refractivity contribution in [2.75, 3.05) is 18.4 Å². The number of rotatable bonds is 6. The van der Waals surface area contributed by atoms with Gasteiger partial charge in [0, 0.05) is 25.2 Å². The quantitative estimate of drug-likeness (QED) is 0.843. The zero-order chi connectivity index (χ0) is 18.7. The number of amides is 1. The molecule has 0 radical (unpaired) electrons. The average molecular weight is 374 g/mol. The van der Waals surface area contributed by atoms with Crippen LogP contribution in [-0.4, -0.2) is 37.8 Å². The molecule has 26 heavy (non-hydrogen) atoms. The lowest BCUT2D eigenvalue weighted by Crippen LogP contribution is -2.31. The molecule has 2 aromatic carbocycles. The number of fused-ring (bicyclic) bond motifs is 1. The molecule has 138 valence electrons. The summed E-state index contributed by atoms with van der Waals surface area (Å²) >= 11 is 0. The van der Waals surface area contributed by atoms with Crippen LogP contribution in [0.5, 0.6) is 5.75 Å². The normalized spacial score (nSPS) is 16.2. The van der Waals surface area contributed by atoms with Crippen LogP contribution < -0.4 is 10.1 Å². The van der Waals surface area contributed by atoms with Gasteiger partial charge in [-0.3, -0.25) is 4.79 Å². The van der Waals surface area contributed by atoms with Gasteiger partial charge < -0.3 is 10.1 Å². The van der Waals surface area contributed by atoms with Gasteiger partial charge in [-0.25, -0.2) is 8.42 Å². The fourth-order valence-corrected chi connectivity index (χ4v) is 4.43. The molecular weight excluding hydrogens is 352 g/mol. The van der Waals surface area contributed by atoms with Gasteiger partial charge >= 0.3 is 0 Å². The molecule has 3 rings (SSSR count). The second-order valence-corrected chi connectivity index (χ2v) is 7.96. The molecule has 1 amide bonds. The van der Waals surface area contributed by atoms with Gasteiger partial charge in [0.15, 0.2) is 6.10 Å². The minimum atomic E-state index is -3.50. The summed E-state index contributed by atoms with van der Waals surface area (Å²) in [6.45, 7) is 4.43. The number of carbonyl (C=O) groups excluding carboxylic acids is 1. The predicted octanol–water partition coefficient (Wildman–Crippen LogP) is 2.66. The lowest BCUT2D eigenvalue weighted by molar-refractivity contribution is -0.122. The average Bonchev–Trinajstić information content (AvgIpc) is 3.07. The van der Waals surface area contributed by atoms with Gasteiger partial charge in [0.25, 0.3) is 5.91 Å². The van der Waals surface area contributed by atoms with Gasteiger partial charge in [-0.05, 0) is 35.9 Å². The highest BCUT2D eigenvalue weighted by Gasteiger charge is 2.29. The van der Waals surface area contributed by atoms with E-state index in [0.29, 0.717) is 25.2 Å². The Labute approximate surface area is 153 Å². The van der Waals surface area contributed by atoms with Gasteiger partial charge in [-0.1, -0.05) is 32.0 Å². The topological polar surface area (TPSA) is 75.7 Å². The number of hydrogen-bond donors (Lipinski definition) is 1. The molecular formula is C19H22N2O4S. The number of nitrogens with one attached hydrogen (secondary N) is 1. The SMILES string of the molecule is CCN(CC)S(=O)(=O)c1ccc(NC(=O)[C@H]2Cc3ccccc3O2)cc1. The number of hydrogen-bond acceptors (Lipinski definition) is 4. The number of sulfonamides is 1. The molecule has 0 bridgehead atoms. The van der Waals surface area contributed by atoms with E-state index in [9.17, 15) is 13.2 Å². The van der Waals surface area contributed by atoms with Crippen molar-refractivity contribution in [1.29, 1.82) is 0 Å². The summed E-state index contributed by atoms with van der Waals surface area (Å²) in [5.41, 5.74) is 1.54. The molecule has 1 aliphatic rings. The molecule has 6 nitrogen and oxygen atoms in total. The maximum Gasteiger partial charge on any atom is 0.265 e. The minimum absolute atomic E-state index is 0.212. The van der Waals surface area contributed by atoms with Crippen LogP contribution >= 0.6 is 0 Å². The Morgan fingerprint density at radius 2 is 1.77 bits per heavy atom. The van der Waals surface area contributed by atoms with E-state index in [4.69, 9.17) is 4.74 Å². The van der Waals surface area contributed by atoms with Crippen molar-refractivity contribution in [3.8, 4) is 5.75 Å². The number of nitrogens with zero attached hydrogens (tertiary/aromatic N) is 1. The minimum Gasteiger partial charge on any atom is -0.480 e. The first kappa shape index (κ1) is 18.4. The first-order chi connectivity index (χ1) is 12.5. The number of ether oxygens (including phenoxy) is 1. The third-order valence-electron chi connectivity index (χ3n) is 4.40. The van der Waals surface area contributed by atoms with Crippen molar-refractivity contribution >= 4 is 21.6 Å². The number of benzene rings is 2. The van der Waals surface area contributed by atoms with E-state index in [-0.39, 0.29) is 10.8 Å². The van der Waals surface area contributed by atoms with Crippen molar-refractivity contribution in [2.45, 2.75) is 31.3 Å². The van der Waals surface area contributed by atoms with E-state index < -0.39 is 16.1 Å². The smallest absolute Gasteiger partial charge is 0.265 e. The lowest BCUT2D eigenvalue weighted by atomic mass is 10.1. The predicted molar refractivity (Wildman–Crippen MR) is 99.7 cm³/mol. The van der Waals surface area contributed by atoms with Crippen LogP contribution in [0.2, 0.25) is 0 Å². The maximum absolute atomic E-state index is 12.5. The standard InChI is InChI=1S/C19H22N2O4S/c1-3-21(4-2)26(23,24)16-11-9-15(10-12-16)20-19(22)18-13-14-7-5-6-8-17(14)25-18/h5-12,18H,3-4,13H2,1-2H3,(H,20,22)/t18-/m1/s1. The van der Waals surface area contributed by atoms with Crippen LogP contribution in [0.25, 0.3) is 0 Å². The lowest BCUT2D eigenvalue weighted by Gasteiger charge is -2.18. The molecule has 0 unspecified atom stereocenters. The first-order valence-corrected chi connectivity index (χ1v) is 10.0. The molecule has 1 N–H and O–H groups in total. The highest BCUT2D eigenvalue weighted by Crippen LogP contribution is 2.28. The van der Waals surface area contributed by atoms with E-state index in [1.54, 1.807) is 26.0 Å². The van der Waals surface area contributed by atoms with Crippen molar-refractivity contribution in [1.82, 2.24) is 4.31 Å². The summed E-state index contributed by atoms with van der Waals surface area (Å²) < 4.78 is 32.0. The summed E-state index contributed by atoms with van der Waals surface area (Å²) in [6.07, 6.45) is -0.0531. The Kier molecular flexibility index (Phi) is 5.29. The van der Waals surface area contributed by atoms with Gasteiger partial charge in [0.2, 0.25) is 10.0 Å². The van der Waals surface area contributed by atoms with E-state index in [1.165, 1.54) is 16.4 Å². The highest BCUT2D eigenvalue weighted by molar-refractivity contribution is 7.89. The van der Waals surface area contributed by atoms with Gasteiger partial charge in [0.05, 0.1) is 4.90 Å². The Morgan fingerprint density at radius 3 is 2.38 bits per heavy atom. The molecule has 7 heteroatoms.